The van der Waals surface area contributed by atoms with E-state index in [9.17, 15) is 0 Å². The highest BCUT2D eigenvalue weighted by Gasteiger charge is 2.15. The molecule has 1 unspecified atom stereocenters. The second-order valence-corrected chi connectivity index (χ2v) is 7.18. The van der Waals surface area contributed by atoms with E-state index in [4.69, 9.17) is 23.2 Å². The largest absolute Gasteiger partial charge is 0.312 e. The summed E-state index contributed by atoms with van der Waals surface area (Å²) in [5, 5.41) is 4.57. The summed E-state index contributed by atoms with van der Waals surface area (Å²) in [4.78, 5) is 1.28. The van der Waals surface area contributed by atoms with Crippen LogP contribution < -0.4 is 5.32 Å². The molecule has 0 fully saturated rings. The first-order valence-electron chi connectivity index (χ1n) is 5.47. The minimum Gasteiger partial charge on any atom is -0.312 e. The summed E-state index contributed by atoms with van der Waals surface area (Å²) >= 11 is 17.5. The molecule has 0 saturated carbocycles. The third kappa shape index (κ3) is 3.28. The molecule has 0 spiro atoms. The molecule has 0 radical (unpaired) electrons. The van der Waals surface area contributed by atoms with Crippen LogP contribution in [0.5, 0.6) is 0 Å². The third-order valence-electron chi connectivity index (χ3n) is 2.74. The number of rotatable bonds is 4. The molecule has 96 valence electrons. The molecule has 1 atom stereocenters. The maximum absolute atomic E-state index is 6.22. The van der Waals surface area contributed by atoms with Gasteiger partial charge in [-0.1, -0.05) is 35.3 Å². The predicted molar refractivity (Wildman–Crippen MR) is 84.0 cm³/mol. The molecule has 5 heteroatoms. The number of hydrogen-bond acceptors (Lipinski definition) is 2. The Morgan fingerprint density at radius 3 is 2.67 bits per heavy atom. The Labute approximate surface area is 129 Å². The van der Waals surface area contributed by atoms with Crippen molar-refractivity contribution in [2.45, 2.75) is 12.5 Å². The van der Waals surface area contributed by atoms with E-state index in [1.165, 1.54) is 4.88 Å². The monoisotopic (exact) mass is 363 g/mol. The van der Waals surface area contributed by atoms with Crippen LogP contribution in [-0.2, 0) is 6.42 Å². The van der Waals surface area contributed by atoms with E-state index in [2.05, 4.69) is 33.4 Å². The Kier molecular flexibility index (Phi) is 5.10. The van der Waals surface area contributed by atoms with Gasteiger partial charge in [0.15, 0.2) is 0 Å². The minimum absolute atomic E-state index is 0.247. The first kappa shape index (κ1) is 14.4. The number of hydrogen-bond donors (Lipinski definition) is 1. The number of likely N-dealkylation sites (N-methyl/N-ethyl adjacent to an activating group) is 1. The zero-order valence-electron chi connectivity index (χ0n) is 9.71. The van der Waals surface area contributed by atoms with Crippen LogP contribution in [0.15, 0.2) is 34.1 Å². The summed E-state index contributed by atoms with van der Waals surface area (Å²) in [5.41, 5.74) is 1.06. The van der Waals surface area contributed by atoms with Gasteiger partial charge in [0.2, 0.25) is 0 Å². The van der Waals surface area contributed by atoms with E-state index < -0.39 is 0 Å². The zero-order chi connectivity index (χ0) is 13.1. The molecule has 0 aliphatic carbocycles. The van der Waals surface area contributed by atoms with Crippen LogP contribution in [0.25, 0.3) is 0 Å². The number of thiophene rings is 1. The maximum atomic E-state index is 6.22. The van der Waals surface area contributed by atoms with Gasteiger partial charge >= 0.3 is 0 Å². The predicted octanol–water partition coefficient (Wildman–Crippen LogP) is 5.32. The number of halogens is 3. The van der Waals surface area contributed by atoms with Gasteiger partial charge in [0.25, 0.3) is 0 Å². The minimum atomic E-state index is 0.247. The van der Waals surface area contributed by atoms with Gasteiger partial charge in [-0.2, -0.15) is 0 Å². The van der Waals surface area contributed by atoms with Gasteiger partial charge in [0, 0.05) is 10.9 Å². The summed E-state index contributed by atoms with van der Waals surface area (Å²) < 4.78 is 1.13. The highest BCUT2D eigenvalue weighted by atomic mass is 79.9. The fourth-order valence-electron chi connectivity index (χ4n) is 1.79. The Morgan fingerprint density at radius 2 is 2.06 bits per heavy atom. The van der Waals surface area contributed by atoms with Crippen molar-refractivity contribution in [3.63, 3.8) is 0 Å². The maximum Gasteiger partial charge on any atom is 0.0701 e. The van der Waals surface area contributed by atoms with Gasteiger partial charge in [-0.05, 0) is 53.2 Å². The molecule has 0 saturated heterocycles. The molecule has 1 aromatic carbocycles. The highest BCUT2D eigenvalue weighted by molar-refractivity contribution is 9.11. The molecule has 0 aliphatic rings. The SMILES string of the molecule is CNC(Cc1cccc(Cl)c1Cl)c1ccc(Br)s1. The Morgan fingerprint density at radius 1 is 1.28 bits per heavy atom. The summed E-state index contributed by atoms with van der Waals surface area (Å²) in [6, 6.07) is 10.2. The second-order valence-electron chi connectivity index (χ2n) is 3.90. The third-order valence-corrected chi connectivity index (χ3v) is 5.34. The number of benzene rings is 1. The lowest BCUT2D eigenvalue weighted by Gasteiger charge is -2.15. The number of nitrogens with one attached hydrogen (secondary N) is 1. The first-order valence-corrected chi connectivity index (χ1v) is 7.83. The van der Waals surface area contributed by atoms with Crippen LogP contribution in [0.3, 0.4) is 0 Å². The molecule has 0 bridgehead atoms. The second kappa shape index (κ2) is 6.40. The molecular weight excluding hydrogens is 353 g/mol. The van der Waals surface area contributed by atoms with Crippen LogP contribution in [0.2, 0.25) is 10.0 Å². The van der Waals surface area contributed by atoms with Crippen molar-refractivity contribution in [2.24, 2.45) is 0 Å². The molecule has 1 aromatic heterocycles. The van der Waals surface area contributed by atoms with Crippen molar-refractivity contribution >= 4 is 50.5 Å². The van der Waals surface area contributed by atoms with Crippen molar-refractivity contribution in [3.05, 3.63) is 54.6 Å². The first-order chi connectivity index (χ1) is 8.61. The summed E-state index contributed by atoms with van der Waals surface area (Å²) in [5.74, 6) is 0. The molecule has 0 amide bonds. The smallest absolute Gasteiger partial charge is 0.0701 e. The van der Waals surface area contributed by atoms with E-state index in [1.807, 2.05) is 25.2 Å². The standard InChI is InChI=1S/C13H12BrCl2NS/c1-17-10(11-5-6-12(14)18-11)7-8-3-2-4-9(15)13(8)16/h2-6,10,17H,7H2,1H3. The van der Waals surface area contributed by atoms with Gasteiger partial charge in [0.05, 0.1) is 13.8 Å². The molecule has 1 N–H and O–H groups in total. The van der Waals surface area contributed by atoms with Gasteiger partial charge in [-0.3, -0.25) is 0 Å². The van der Waals surface area contributed by atoms with Crippen molar-refractivity contribution in [1.29, 1.82) is 0 Å². The van der Waals surface area contributed by atoms with Crippen molar-refractivity contribution in [3.8, 4) is 0 Å². The fraction of sp³-hybridized carbons (Fsp3) is 0.231. The van der Waals surface area contributed by atoms with E-state index in [-0.39, 0.29) is 6.04 Å². The lowest BCUT2D eigenvalue weighted by molar-refractivity contribution is 0.602. The molecule has 1 nitrogen and oxygen atoms in total. The van der Waals surface area contributed by atoms with Crippen molar-refractivity contribution in [1.82, 2.24) is 5.32 Å². The Bertz CT molecular complexity index is 542. The Hall–Kier alpha value is -0.0600. The van der Waals surface area contributed by atoms with Crippen LogP contribution in [0.1, 0.15) is 16.5 Å². The van der Waals surface area contributed by atoms with Gasteiger partial charge in [-0.25, -0.2) is 0 Å². The zero-order valence-corrected chi connectivity index (χ0v) is 13.6. The molecule has 18 heavy (non-hydrogen) atoms. The topological polar surface area (TPSA) is 12.0 Å². The van der Waals surface area contributed by atoms with Crippen LogP contribution in [0.4, 0.5) is 0 Å². The lowest BCUT2D eigenvalue weighted by atomic mass is 10.0. The van der Waals surface area contributed by atoms with Crippen LogP contribution in [-0.4, -0.2) is 7.05 Å². The average molecular weight is 365 g/mol. The van der Waals surface area contributed by atoms with Gasteiger partial charge in [0.1, 0.15) is 0 Å². The quantitative estimate of drug-likeness (QED) is 0.773. The summed E-state index contributed by atoms with van der Waals surface area (Å²) in [7, 11) is 1.96. The molecular formula is C13H12BrCl2NS. The highest BCUT2D eigenvalue weighted by Crippen LogP contribution is 2.32. The lowest BCUT2D eigenvalue weighted by Crippen LogP contribution is -2.17. The van der Waals surface area contributed by atoms with Crippen molar-refractivity contribution in [2.75, 3.05) is 7.05 Å². The molecule has 2 aromatic rings. The molecule has 1 heterocycles. The molecule has 2 rings (SSSR count). The van der Waals surface area contributed by atoms with Crippen LogP contribution >= 0.6 is 50.5 Å². The fourth-order valence-corrected chi connectivity index (χ4v) is 3.72. The van der Waals surface area contributed by atoms with Crippen LogP contribution in [0, 0.1) is 0 Å². The summed E-state index contributed by atoms with van der Waals surface area (Å²) in [6.07, 6.45) is 0.822. The molecule has 0 aliphatic heterocycles. The van der Waals surface area contributed by atoms with E-state index >= 15 is 0 Å². The normalized spacial score (nSPS) is 12.7. The van der Waals surface area contributed by atoms with Gasteiger partial charge < -0.3 is 5.32 Å². The Balaban J connectivity index is 2.23. The van der Waals surface area contributed by atoms with E-state index in [0.717, 1.165) is 15.8 Å². The van der Waals surface area contributed by atoms with E-state index in [1.54, 1.807) is 11.3 Å². The van der Waals surface area contributed by atoms with E-state index in [0.29, 0.717) is 10.0 Å². The average Bonchev–Trinajstić information content (AvgIpc) is 2.78. The summed E-state index contributed by atoms with van der Waals surface area (Å²) in [6.45, 7) is 0. The van der Waals surface area contributed by atoms with Gasteiger partial charge in [-0.15, -0.1) is 11.3 Å². The van der Waals surface area contributed by atoms with Crippen molar-refractivity contribution < 1.29 is 0 Å².